The molecule has 0 aliphatic rings. The summed E-state index contributed by atoms with van der Waals surface area (Å²) in [5.41, 5.74) is 1.75. The maximum Gasteiger partial charge on any atom is 0.338 e. The standard InChI is InChI=1S/C23H22N2O4/c1-2-28-23(27)17-12-14-18(15-13-17)25-22(26)16-24-20-10-6-7-11-21(20)29-19-8-4-3-5-9-19/h3-15,24H,2,16H2,1H3,(H,25,26). The molecule has 0 aliphatic carbocycles. The number of rotatable bonds is 8. The van der Waals surface area contributed by atoms with E-state index in [1.54, 1.807) is 31.2 Å². The molecule has 0 unspecified atom stereocenters. The van der Waals surface area contributed by atoms with Crippen molar-refractivity contribution in [3.8, 4) is 11.5 Å². The van der Waals surface area contributed by atoms with E-state index in [4.69, 9.17) is 9.47 Å². The van der Waals surface area contributed by atoms with Crippen molar-refractivity contribution in [1.82, 2.24) is 0 Å². The molecule has 148 valence electrons. The molecular formula is C23H22N2O4. The fourth-order valence-corrected chi connectivity index (χ4v) is 2.60. The first kappa shape index (κ1) is 19.9. The van der Waals surface area contributed by atoms with Gasteiger partial charge < -0.3 is 20.1 Å². The van der Waals surface area contributed by atoms with Crippen LogP contribution in [0.5, 0.6) is 11.5 Å². The van der Waals surface area contributed by atoms with E-state index >= 15 is 0 Å². The van der Waals surface area contributed by atoms with Crippen molar-refractivity contribution in [1.29, 1.82) is 0 Å². The first-order chi connectivity index (χ1) is 14.2. The van der Waals surface area contributed by atoms with Gasteiger partial charge in [0, 0.05) is 5.69 Å². The monoisotopic (exact) mass is 390 g/mol. The Bertz CT molecular complexity index is 956. The third-order valence-corrected chi connectivity index (χ3v) is 3.98. The largest absolute Gasteiger partial charge is 0.462 e. The second-order valence-electron chi connectivity index (χ2n) is 6.11. The van der Waals surface area contributed by atoms with Gasteiger partial charge in [0.15, 0.2) is 5.75 Å². The van der Waals surface area contributed by atoms with Crippen LogP contribution in [0.15, 0.2) is 78.9 Å². The molecule has 3 aromatic rings. The van der Waals surface area contributed by atoms with Crippen molar-refractivity contribution in [3.05, 3.63) is 84.4 Å². The summed E-state index contributed by atoms with van der Waals surface area (Å²) in [7, 11) is 0. The topological polar surface area (TPSA) is 76.7 Å². The zero-order valence-electron chi connectivity index (χ0n) is 16.1. The molecule has 0 atom stereocenters. The van der Waals surface area contributed by atoms with Crippen LogP contribution in [-0.2, 0) is 9.53 Å². The van der Waals surface area contributed by atoms with E-state index < -0.39 is 0 Å². The molecule has 2 N–H and O–H groups in total. The molecular weight excluding hydrogens is 368 g/mol. The van der Waals surface area contributed by atoms with E-state index in [0.717, 1.165) is 0 Å². The fraction of sp³-hybridized carbons (Fsp3) is 0.130. The van der Waals surface area contributed by atoms with Gasteiger partial charge in [-0.05, 0) is 55.5 Å². The second kappa shape index (κ2) is 9.94. The van der Waals surface area contributed by atoms with E-state index in [1.165, 1.54) is 0 Å². The molecule has 0 aliphatic heterocycles. The van der Waals surface area contributed by atoms with Crippen LogP contribution in [0, 0.1) is 0 Å². The number of carbonyl (C=O) groups excluding carboxylic acids is 2. The normalized spacial score (nSPS) is 10.1. The summed E-state index contributed by atoms with van der Waals surface area (Å²) in [6, 6.07) is 23.4. The molecule has 0 radical (unpaired) electrons. The van der Waals surface area contributed by atoms with E-state index in [2.05, 4.69) is 10.6 Å². The Balaban J connectivity index is 1.56. The SMILES string of the molecule is CCOC(=O)c1ccc(NC(=O)CNc2ccccc2Oc2ccccc2)cc1. The van der Waals surface area contributed by atoms with Crippen molar-refractivity contribution in [2.45, 2.75) is 6.92 Å². The number of hydrogen-bond donors (Lipinski definition) is 2. The zero-order valence-corrected chi connectivity index (χ0v) is 16.1. The number of carbonyl (C=O) groups is 2. The van der Waals surface area contributed by atoms with Crippen molar-refractivity contribution in [3.63, 3.8) is 0 Å². The Morgan fingerprint density at radius 1 is 0.862 bits per heavy atom. The number of benzene rings is 3. The Morgan fingerprint density at radius 2 is 1.55 bits per heavy atom. The average molecular weight is 390 g/mol. The van der Waals surface area contributed by atoms with Crippen LogP contribution in [0.3, 0.4) is 0 Å². The molecule has 0 heterocycles. The van der Waals surface area contributed by atoms with Crippen LogP contribution in [0.1, 0.15) is 17.3 Å². The Labute approximate surface area is 169 Å². The van der Waals surface area contributed by atoms with Gasteiger partial charge in [0.2, 0.25) is 5.91 Å². The smallest absolute Gasteiger partial charge is 0.338 e. The first-order valence-corrected chi connectivity index (χ1v) is 9.28. The number of hydrogen-bond acceptors (Lipinski definition) is 5. The first-order valence-electron chi connectivity index (χ1n) is 9.28. The highest BCUT2D eigenvalue weighted by Crippen LogP contribution is 2.28. The second-order valence-corrected chi connectivity index (χ2v) is 6.11. The van der Waals surface area contributed by atoms with Crippen LogP contribution >= 0.6 is 0 Å². The van der Waals surface area contributed by atoms with Crippen LogP contribution in [-0.4, -0.2) is 25.0 Å². The highest BCUT2D eigenvalue weighted by Gasteiger charge is 2.09. The van der Waals surface area contributed by atoms with Crippen molar-refractivity contribution in [2.75, 3.05) is 23.8 Å². The molecule has 3 rings (SSSR count). The lowest BCUT2D eigenvalue weighted by atomic mass is 10.2. The van der Waals surface area contributed by atoms with Gasteiger partial charge in [0.05, 0.1) is 24.4 Å². The minimum atomic E-state index is -0.387. The molecule has 6 heteroatoms. The maximum atomic E-state index is 12.3. The van der Waals surface area contributed by atoms with Gasteiger partial charge in [0.1, 0.15) is 5.75 Å². The fourth-order valence-electron chi connectivity index (χ4n) is 2.60. The summed E-state index contributed by atoms with van der Waals surface area (Å²) in [4.78, 5) is 23.9. The predicted molar refractivity (Wildman–Crippen MR) is 112 cm³/mol. The maximum absolute atomic E-state index is 12.3. The summed E-state index contributed by atoms with van der Waals surface area (Å²) in [5, 5.41) is 5.87. The minimum absolute atomic E-state index is 0.0643. The van der Waals surface area contributed by atoms with Gasteiger partial charge in [-0.1, -0.05) is 30.3 Å². The summed E-state index contributed by atoms with van der Waals surface area (Å²) >= 11 is 0. The lowest BCUT2D eigenvalue weighted by molar-refractivity contribution is -0.114. The van der Waals surface area contributed by atoms with Gasteiger partial charge in [-0.2, -0.15) is 0 Å². The van der Waals surface area contributed by atoms with Gasteiger partial charge in [-0.25, -0.2) is 4.79 Å². The Morgan fingerprint density at radius 3 is 2.28 bits per heavy atom. The van der Waals surface area contributed by atoms with E-state index in [0.29, 0.717) is 35.0 Å². The van der Waals surface area contributed by atoms with Crippen molar-refractivity contribution < 1.29 is 19.1 Å². The van der Waals surface area contributed by atoms with E-state index in [9.17, 15) is 9.59 Å². The van der Waals surface area contributed by atoms with E-state index in [-0.39, 0.29) is 18.4 Å². The van der Waals surface area contributed by atoms with Crippen LogP contribution < -0.4 is 15.4 Å². The summed E-state index contributed by atoms with van der Waals surface area (Å²) in [6.07, 6.45) is 0. The van der Waals surface area contributed by atoms with Gasteiger partial charge in [-0.3, -0.25) is 4.79 Å². The predicted octanol–water partition coefficient (Wildman–Crippen LogP) is 4.71. The molecule has 0 saturated carbocycles. The van der Waals surface area contributed by atoms with Crippen LogP contribution in [0.2, 0.25) is 0 Å². The molecule has 3 aromatic carbocycles. The summed E-state index contributed by atoms with van der Waals surface area (Å²) < 4.78 is 10.8. The van der Waals surface area contributed by atoms with Crippen molar-refractivity contribution in [2.24, 2.45) is 0 Å². The van der Waals surface area contributed by atoms with E-state index in [1.807, 2.05) is 54.6 Å². The molecule has 0 bridgehead atoms. The lowest BCUT2D eigenvalue weighted by Gasteiger charge is -2.13. The highest BCUT2D eigenvalue weighted by atomic mass is 16.5. The third kappa shape index (κ3) is 5.84. The lowest BCUT2D eigenvalue weighted by Crippen LogP contribution is -2.22. The van der Waals surface area contributed by atoms with Crippen molar-refractivity contribution >= 4 is 23.3 Å². The number of para-hydroxylation sites is 3. The molecule has 0 saturated heterocycles. The number of ether oxygens (including phenoxy) is 2. The number of nitrogens with one attached hydrogen (secondary N) is 2. The third-order valence-electron chi connectivity index (χ3n) is 3.98. The zero-order chi connectivity index (χ0) is 20.5. The summed E-state index contributed by atoms with van der Waals surface area (Å²) in [6.45, 7) is 2.13. The molecule has 0 spiro atoms. The number of anilines is 2. The summed E-state index contributed by atoms with van der Waals surface area (Å²) in [5.74, 6) is 0.739. The minimum Gasteiger partial charge on any atom is -0.462 e. The molecule has 6 nitrogen and oxygen atoms in total. The Kier molecular flexibility index (Phi) is 6.84. The van der Waals surface area contributed by atoms with Gasteiger partial charge >= 0.3 is 5.97 Å². The van der Waals surface area contributed by atoms with Crippen LogP contribution in [0.4, 0.5) is 11.4 Å². The molecule has 29 heavy (non-hydrogen) atoms. The average Bonchev–Trinajstić information content (AvgIpc) is 2.74. The number of amides is 1. The van der Waals surface area contributed by atoms with Gasteiger partial charge in [0.25, 0.3) is 0 Å². The Hall–Kier alpha value is -3.80. The highest BCUT2D eigenvalue weighted by molar-refractivity contribution is 5.95. The van der Waals surface area contributed by atoms with Crippen LogP contribution in [0.25, 0.3) is 0 Å². The molecule has 0 aromatic heterocycles. The quantitative estimate of drug-likeness (QED) is 0.545. The van der Waals surface area contributed by atoms with Gasteiger partial charge in [-0.15, -0.1) is 0 Å². The molecule has 0 fully saturated rings. The molecule has 1 amide bonds. The number of esters is 1.